The molecule has 1 saturated heterocycles. The van der Waals surface area contributed by atoms with Gasteiger partial charge in [-0.05, 0) is 31.5 Å². The maximum Gasteiger partial charge on any atom is 0.223 e. The topological polar surface area (TPSA) is 58.4 Å². The first-order chi connectivity index (χ1) is 13.8. The molecule has 1 amide bonds. The summed E-state index contributed by atoms with van der Waals surface area (Å²) in [6, 6.07) is 20.0. The SMILES string of the molecule is O=C(NCc1ccccc1)C1CCN(Cc2ncc(-c3ccccc3)o2)CC1. The van der Waals surface area contributed by atoms with Crippen molar-refractivity contribution in [2.75, 3.05) is 13.1 Å². The van der Waals surface area contributed by atoms with Crippen molar-refractivity contribution in [1.29, 1.82) is 0 Å². The predicted molar refractivity (Wildman–Crippen MR) is 108 cm³/mol. The van der Waals surface area contributed by atoms with Crippen molar-refractivity contribution in [1.82, 2.24) is 15.2 Å². The van der Waals surface area contributed by atoms with Crippen LogP contribution in [0.25, 0.3) is 11.3 Å². The van der Waals surface area contributed by atoms with E-state index in [9.17, 15) is 4.79 Å². The number of hydrogen-bond donors (Lipinski definition) is 1. The minimum absolute atomic E-state index is 0.0874. The summed E-state index contributed by atoms with van der Waals surface area (Å²) in [6.07, 6.45) is 3.52. The Hall–Kier alpha value is -2.92. The third-order valence-electron chi connectivity index (χ3n) is 5.24. The standard InChI is InChI=1S/C23H25N3O2/c27-23(25-15-18-7-3-1-4-8-18)20-11-13-26(14-12-20)17-22-24-16-21(28-22)19-9-5-2-6-10-19/h1-10,16,20H,11-15,17H2,(H,25,27). The number of nitrogens with zero attached hydrogens (tertiary/aromatic N) is 2. The smallest absolute Gasteiger partial charge is 0.223 e. The van der Waals surface area contributed by atoms with Crippen LogP contribution in [0.5, 0.6) is 0 Å². The van der Waals surface area contributed by atoms with Crippen molar-refractivity contribution in [2.45, 2.75) is 25.9 Å². The predicted octanol–water partition coefficient (Wildman–Crippen LogP) is 3.87. The van der Waals surface area contributed by atoms with Gasteiger partial charge in [-0.15, -0.1) is 0 Å². The van der Waals surface area contributed by atoms with E-state index >= 15 is 0 Å². The Morgan fingerprint density at radius 3 is 2.43 bits per heavy atom. The van der Waals surface area contributed by atoms with E-state index in [1.165, 1.54) is 0 Å². The molecule has 4 rings (SSSR count). The molecule has 0 unspecified atom stereocenters. The second kappa shape index (κ2) is 8.85. The summed E-state index contributed by atoms with van der Waals surface area (Å²) in [5.41, 5.74) is 2.17. The van der Waals surface area contributed by atoms with Gasteiger partial charge in [-0.2, -0.15) is 0 Å². The second-order valence-electron chi connectivity index (χ2n) is 7.24. The fourth-order valence-corrected chi connectivity index (χ4v) is 3.59. The normalized spacial score (nSPS) is 15.4. The van der Waals surface area contributed by atoms with Crippen molar-refractivity contribution in [3.63, 3.8) is 0 Å². The van der Waals surface area contributed by atoms with E-state index in [-0.39, 0.29) is 11.8 Å². The fraction of sp³-hybridized carbons (Fsp3) is 0.304. The number of likely N-dealkylation sites (tertiary alicyclic amines) is 1. The molecule has 0 saturated carbocycles. The lowest BCUT2D eigenvalue weighted by Gasteiger charge is -2.30. The zero-order chi connectivity index (χ0) is 19.2. The zero-order valence-electron chi connectivity index (χ0n) is 15.9. The van der Waals surface area contributed by atoms with Gasteiger partial charge in [0, 0.05) is 18.0 Å². The van der Waals surface area contributed by atoms with Crippen LogP contribution in [0, 0.1) is 5.92 Å². The number of oxazole rings is 1. The highest BCUT2D eigenvalue weighted by atomic mass is 16.4. The molecule has 1 aromatic heterocycles. The van der Waals surface area contributed by atoms with E-state index in [0.717, 1.165) is 48.7 Å². The van der Waals surface area contributed by atoms with E-state index < -0.39 is 0 Å². The Morgan fingerprint density at radius 2 is 1.71 bits per heavy atom. The van der Waals surface area contributed by atoms with Crippen LogP contribution in [0.3, 0.4) is 0 Å². The number of aromatic nitrogens is 1. The monoisotopic (exact) mass is 375 g/mol. The molecule has 3 aromatic rings. The molecule has 1 fully saturated rings. The highest BCUT2D eigenvalue weighted by molar-refractivity contribution is 5.78. The largest absolute Gasteiger partial charge is 0.439 e. The Labute approximate surface area is 165 Å². The summed E-state index contributed by atoms with van der Waals surface area (Å²) in [7, 11) is 0. The summed E-state index contributed by atoms with van der Waals surface area (Å²) in [4.78, 5) is 19.2. The molecule has 0 bridgehead atoms. The molecule has 1 aliphatic rings. The molecule has 5 nitrogen and oxygen atoms in total. The van der Waals surface area contributed by atoms with Gasteiger partial charge in [0.15, 0.2) is 5.76 Å². The minimum Gasteiger partial charge on any atom is -0.439 e. The van der Waals surface area contributed by atoms with Crippen LogP contribution in [-0.2, 0) is 17.9 Å². The van der Waals surface area contributed by atoms with Crippen LogP contribution in [-0.4, -0.2) is 28.9 Å². The van der Waals surface area contributed by atoms with Crippen LogP contribution in [0.1, 0.15) is 24.3 Å². The van der Waals surface area contributed by atoms with Crippen LogP contribution >= 0.6 is 0 Å². The van der Waals surface area contributed by atoms with Gasteiger partial charge in [-0.1, -0.05) is 60.7 Å². The van der Waals surface area contributed by atoms with Gasteiger partial charge in [-0.25, -0.2) is 4.98 Å². The number of carbonyl (C=O) groups excluding carboxylic acids is 1. The number of carbonyl (C=O) groups is 1. The molecule has 0 radical (unpaired) electrons. The number of amides is 1. The number of nitrogens with one attached hydrogen (secondary N) is 1. The molecule has 2 heterocycles. The Kier molecular flexibility index (Phi) is 5.83. The lowest BCUT2D eigenvalue weighted by Crippen LogP contribution is -2.40. The van der Waals surface area contributed by atoms with Crippen molar-refractivity contribution in [3.8, 4) is 11.3 Å². The number of piperidine rings is 1. The molecule has 0 aliphatic carbocycles. The summed E-state index contributed by atoms with van der Waals surface area (Å²) in [5, 5.41) is 3.07. The maximum atomic E-state index is 12.4. The lowest BCUT2D eigenvalue weighted by atomic mass is 9.96. The molecule has 0 spiro atoms. The average molecular weight is 375 g/mol. The van der Waals surface area contributed by atoms with E-state index in [2.05, 4.69) is 15.2 Å². The van der Waals surface area contributed by atoms with Crippen LogP contribution < -0.4 is 5.32 Å². The van der Waals surface area contributed by atoms with E-state index in [1.54, 1.807) is 6.20 Å². The summed E-state index contributed by atoms with van der Waals surface area (Å²) in [5.74, 6) is 1.77. The van der Waals surface area contributed by atoms with Gasteiger partial charge >= 0.3 is 0 Å². The van der Waals surface area contributed by atoms with E-state index in [4.69, 9.17) is 4.42 Å². The summed E-state index contributed by atoms with van der Waals surface area (Å²) >= 11 is 0. The molecule has 0 atom stereocenters. The molecule has 5 heteroatoms. The van der Waals surface area contributed by atoms with Gasteiger partial charge in [0.2, 0.25) is 11.8 Å². The lowest BCUT2D eigenvalue weighted by molar-refractivity contribution is -0.126. The number of hydrogen-bond acceptors (Lipinski definition) is 4. The average Bonchev–Trinajstić information content (AvgIpc) is 3.22. The van der Waals surface area contributed by atoms with E-state index in [0.29, 0.717) is 13.1 Å². The summed E-state index contributed by atoms with van der Waals surface area (Å²) in [6.45, 7) is 3.04. The highest BCUT2D eigenvalue weighted by Gasteiger charge is 2.25. The number of rotatable bonds is 6. The van der Waals surface area contributed by atoms with Crippen LogP contribution in [0.4, 0.5) is 0 Å². The molecule has 2 aromatic carbocycles. The summed E-state index contributed by atoms with van der Waals surface area (Å²) < 4.78 is 5.90. The molecular formula is C23H25N3O2. The van der Waals surface area contributed by atoms with Crippen molar-refractivity contribution in [3.05, 3.63) is 78.3 Å². The van der Waals surface area contributed by atoms with Crippen LogP contribution in [0.2, 0.25) is 0 Å². The maximum absolute atomic E-state index is 12.4. The first-order valence-corrected chi connectivity index (χ1v) is 9.82. The number of benzene rings is 2. The molecule has 1 aliphatic heterocycles. The van der Waals surface area contributed by atoms with E-state index in [1.807, 2.05) is 60.7 Å². The first kappa shape index (κ1) is 18.4. The molecule has 1 N–H and O–H groups in total. The van der Waals surface area contributed by atoms with Gasteiger partial charge < -0.3 is 9.73 Å². The van der Waals surface area contributed by atoms with Gasteiger partial charge in [-0.3, -0.25) is 9.69 Å². The Balaban J connectivity index is 1.24. The third-order valence-corrected chi connectivity index (χ3v) is 5.24. The van der Waals surface area contributed by atoms with Crippen LogP contribution in [0.15, 0.2) is 71.3 Å². The van der Waals surface area contributed by atoms with Crippen molar-refractivity contribution < 1.29 is 9.21 Å². The molecule has 28 heavy (non-hydrogen) atoms. The van der Waals surface area contributed by atoms with Gasteiger partial charge in [0.25, 0.3) is 0 Å². The molecule has 144 valence electrons. The van der Waals surface area contributed by atoms with Gasteiger partial charge in [0.05, 0.1) is 12.7 Å². The zero-order valence-corrected chi connectivity index (χ0v) is 15.9. The quantitative estimate of drug-likeness (QED) is 0.711. The minimum atomic E-state index is 0.0874. The fourth-order valence-electron chi connectivity index (χ4n) is 3.59. The first-order valence-electron chi connectivity index (χ1n) is 9.82. The third kappa shape index (κ3) is 4.67. The second-order valence-corrected chi connectivity index (χ2v) is 7.24. The van der Waals surface area contributed by atoms with Gasteiger partial charge in [0.1, 0.15) is 0 Å². The Bertz CT molecular complexity index is 884. The highest BCUT2D eigenvalue weighted by Crippen LogP contribution is 2.23. The van der Waals surface area contributed by atoms with Crippen molar-refractivity contribution >= 4 is 5.91 Å². The molecular weight excluding hydrogens is 350 g/mol. The Morgan fingerprint density at radius 1 is 1.04 bits per heavy atom. The van der Waals surface area contributed by atoms with Crippen molar-refractivity contribution in [2.24, 2.45) is 5.92 Å².